The Morgan fingerprint density at radius 1 is 1.24 bits per heavy atom. The van der Waals surface area contributed by atoms with Crippen molar-refractivity contribution in [2.24, 2.45) is 17.6 Å². The van der Waals surface area contributed by atoms with Crippen molar-refractivity contribution < 1.29 is 14.3 Å². The minimum absolute atomic E-state index is 0.0713. The summed E-state index contributed by atoms with van der Waals surface area (Å²) < 4.78 is 11.3. The van der Waals surface area contributed by atoms with Gasteiger partial charge >= 0.3 is 0 Å². The maximum atomic E-state index is 12.8. The van der Waals surface area contributed by atoms with Gasteiger partial charge in [0.1, 0.15) is 16.0 Å². The monoisotopic (exact) mass is 355 g/mol. The smallest absolute Gasteiger partial charge is 0.169 e. The van der Waals surface area contributed by atoms with Crippen LogP contribution in [0.4, 0.5) is 0 Å². The molecule has 2 rings (SSSR count). The van der Waals surface area contributed by atoms with E-state index in [4.69, 9.17) is 15.2 Å². The van der Waals surface area contributed by atoms with E-state index in [1.54, 1.807) is 26.4 Å². The molecule has 0 radical (unpaired) electrons. The summed E-state index contributed by atoms with van der Waals surface area (Å²) in [5.74, 6) is 2.02. The molecule has 116 valence electrons. The number of hydrogen-bond donors (Lipinski definition) is 1. The molecule has 1 aliphatic rings. The number of ether oxygens (including phenoxy) is 2. The maximum Gasteiger partial charge on any atom is 0.169 e. The fourth-order valence-electron chi connectivity index (χ4n) is 2.97. The van der Waals surface area contributed by atoms with Crippen molar-refractivity contribution in [3.63, 3.8) is 0 Å². The number of methoxy groups -OCH3 is 2. The van der Waals surface area contributed by atoms with Crippen LogP contribution in [-0.2, 0) is 0 Å². The molecule has 4 nitrogen and oxygen atoms in total. The Morgan fingerprint density at radius 3 is 2.43 bits per heavy atom. The lowest BCUT2D eigenvalue weighted by molar-refractivity contribution is 0.0870. The summed E-state index contributed by atoms with van der Waals surface area (Å²) in [6.07, 6.45) is 3.89. The standard InChI is InChI=1S/C16H22BrNO3/c1-20-13-8-7-12(16(21-2)14(13)17)15(19)11-5-3-10(9-18)4-6-11/h7-8,10-11H,3-6,9,18H2,1-2H3. The number of carbonyl (C=O) groups is 1. The van der Waals surface area contributed by atoms with Crippen molar-refractivity contribution in [1.29, 1.82) is 0 Å². The highest BCUT2D eigenvalue weighted by Crippen LogP contribution is 2.40. The van der Waals surface area contributed by atoms with Crippen LogP contribution in [0.1, 0.15) is 36.0 Å². The third kappa shape index (κ3) is 3.40. The lowest BCUT2D eigenvalue weighted by Crippen LogP contribution is -2.26. The van der Waals surface area contributed by atoms with Crippen LogP contribution in [0.5, 0.6) is 11.5 Å². The number of rotatable bonds is 5. The van der Waals surface area contributed by atoms with E-state index in [1.807, 2.05) is 0 Å². The molecule has 5 heteroatoms. The van der Waals surface area contributed by atoms with Gasteiger partial charge in [0.15, 0.2) is 5.78 Å². The Hall–Kier alpha value is -1.07. The highest BCUT2D eigenvalue weighted by Gasteiger charge is 2.29. The number of ketones is 1. The summed E-state index contributed by atoms with van der Waals surface area (Å²) in [6.45, 7) is 0.721. The lowest BCUT2D eigenvalue weighted by atomic mass is 9.78. The summed E-state index contributed by atoms with van der Waals surface area (Å²) in [7, 11) is 3.16. The Morgan fingerprint density at radius 2 is 1.90 bits per heavy atom. The molecule has 1 aromatic rings. The predicted octanol–water partition coefficient (Wildman–Crippen LogP) is 3.41. The predicted molar refractivity (Wildman–Crippen MR) is 86.1 cm³/mol. The van der Waals surface area contributed by atoms with Crippen LogP contribution >= 0.6 is 15.9 Å². The van der Waals surface area contributed by atoms with E-state index >= 15 is 0 Å². The molecule has 0 bridgehead atoms. The Balaban J connectivity index is 2.22. The summed E-state index contributed by atoms with van der Waals surface area (Å²) in [4.78, 5) is 12.8. The van der Waals surface area contributed by atoms with Crippen molar-refractivity contribution in [2.75, 3.05) is 20.8 Å². The summed E-state index contributed by atoms with van der Waals surface area (Å²) >= 11 is 3.45. The van der Waals surface area contributed by atoms with Gasteiger partial charge in [0.25, 0.3) is 0 Å². The first-order chi connectivity index (χ1) is 10.1. The van der Waals surface area contributed by atoms with Gasteiger partial charge in [-0.2, -0.15) is 0 Å². The molecule has 0 heterocycles. The first-order valence-corrected chi connectivity index (χ1v) is 8.06. The molecule has 1 fully saturated rings. The van der Waals surface area contributed by atoms with Crippen LogP contribution in [0.3, 0.4) is 0 Å². The molecule has 0 spiro atoms. The van der Waals surface area contributed by atoms with Gasteiger partial charge in [-0.25, -0.2) is 0 Å². The number of carbonyl (C=O) groups excluding carboxylic acids is 1. The van der Waals surface area contributed by atoms with Crippen molar-refractivity contribution in [1.82, 2.24) is 0 Å². The molecule has 2 N–H and O–H groups in total. The van der Waals surface area contributed by atoms with E-state index in [0.29, 0.717) is 27.5 Å². The fourth-order valence-corrected chi connectivity index (χ4v) is 3.64. The first kappa shape index (κ1) is 16.3. The molecule has 1 saturated carbocycles. The third-order valence-electron chi connectivity index (χ3n) is 4.30. The maximum absolute atomic E-state index is 12.8. The van der Waals surface area contributed by atoms with Gasteiger partial charge in [0, 0.05) is 5.92 Å². The van der Waals surface area contributed by atoms with E-state index < -0.39 is 0 Å². The van der Waals surface area contributed by atoms with Crippen LogP contribution in [0.25, 0.3) is 0 Å². The summed E-state index contributed by atoms with van der Waals surface area (Å²) in [6, 6.07) is 3.59. The van der Waals surface area contributed by atoms with E-state index in [0.717, 1.165) is 32.2 Å². The Kier molecular flexibility index (Phi) is 5.65. The Labute approximate surface area is 134 Å². The van der Waals surface area contributed by atoms with E-state index in [9.17, 15) is 4.79 Å². The Bertz CT molecular complexity index is 510. The number of Topliss-reactive ketones (excluding diaryl/α,β-unsaturated/α-hetero) is 1. The van der Waals surface area contributed by atoms with Gasteiger partial charge in [0.05, 0.1) is 19.8 Å². The van der Waals surface area contributed by atoms with Crippen LogP contribution in [0, 0.1) is 11.8 Å². The molecule has 0 aromatic heterocycles. The highest BCUT2D eigenvalue weighted by atomic mass is 79.9. The zero-order valence-corrected chi connectivity index (χ0v) is 14.1. The van der Waals surface area contributed by atoms with Crippen molar-refractivity contribution in [3.05, 3.63) is 22.2 Å². The normalized spacial score (nSPS) is 21.9. The quantitative estimate of drug-likeness (QED) is 0.822. The van der Waals surface area contributed by atoms with Gasteiger partial charge < -0.3 is 15.2 Å². The molecule has 0 saturated heterocycles. The second kappa shape index (κ2) is 7.27. The minimum atomic E-state index is 0.0713. The van der Waals surface area contributed by atoms with Gasteiger partial charge in [-0.05, 0) is 66.2 Å². The first-order valence-electron chi connectivity index (χ1n) is 7.27. The van der Waals surface area contributed by atoms with Gasteiger partial charge in [0.2, 0.25) is 0 Å². The average molecular weight is 356 g/mol. The summed E-state index contributed by atoms with van der Waals surface area (Å²) in [5.41, 5.74) is 6.33. The molecule has 21 heavy (non-hydrogen) atoms. The molecule has 0 amide bonds. The van der Waals surface area contributed by atoms with Crippen molar-refractivity contribution in [2.45, 2.75) is 25.7 Å². The molecule has 0 aliphatic heterocycles. The van der Waals surface area contributed by atoms with E-state index in [-0.39, 0.29) is 11.7 Å². The molecular formula is C16H22BrNO3. The highest BCUT2D eigenvalue weighted by molar-refractivity contribution is 9.10. The van der Waals surface area contributed by atoms with E-state index in [2.05, 4.69) is 15.9 Å². The number of hydrogen-bond acceptors (Lipinski definition) is 4. The third-order valence-corrected chi connectivity index (χ3v) is 5.05. The largest absolute Gasteiger partial charge is 0.495 e. The molecule has 0 atom stereocenters. The number of nitrogens with two attached hydrogens (primary N) is 1. The second-order valence-corrected chi connectivity index (χ2v) is 6.27. The molecule has 1 aromatic carbocycles. The summed E-state index contributed by atoms with van der Waals surface area (Å²) in [5, 5.41) is 0. The average Bonchev–Trinajstić information content (AvgIpc) is 2.54. The van der Waals surface area contributed by atoms with Gasteiger partial charge in [-0.15, -0.1) is 0 Å². The van der Waals surface area contributed by atoms with Crippen molar-refractivity contribution >= 4 is 21.7 Å². The topological polar surface area (TPSA) is 61.5 Å². The molecule has 0 unspecified atom stereocenters. The van der Waals surface area contributed by atoms with Crippen molar-refractivity contribution in [3.8, 4) is 11.5 Å². The molecule has 1 aliphatic carbocycles. The second-order valence-electron chi connectivity index (χ2n) is 5.48. The fraction of sp³-hybridized carbons (Fsp3) is 0.562. The zero-order valence-electron chi connectivity index (χ0n) is 12.5. The lowest BCUT2D eigenvalue weighted by Gasteiger charge is -2.27. The number of halogens is 1. The van der Waals surface area contributed by atoms with Crippen LogP contribution in [0.15, 0.2) is 16.6 Å². The minimum Gasteiger partial charge on any atom is -0.495 e. The SMILES string of the molecule is COc1ccc(C(=O)C2CCC(CN)CC2)c(OC)c1Br. The van der Waals surface area contributed by atoms with Crippen LogP contribution in [-0.4, -0.2) is 26.5 Å². The van der Waals surface area contributed by atoms with Crippen LogP contribution in [0.2, 0.25) is 0 Å². The number of benzene rings is 1. The zero-order chi connectivity index (χ0) is 15.4. The van der Waals surface area contributed by atoms with Crippen LogP contribution < -0.4 is 15.2 Å². The van der Waals surface area contributed by atoms with Gasteiger partial charge in [-0.1, -0.05) is 0 Å². The van der Waals surface area contributed by atoms with E-state index in [1.165, 1.54) is 0 Å². The van der Waals surface area contributed by atoms with Gasteiger partial charge in [-0.3, -0.25) is 4.79 Å². The molecular weight excluding hydrogens is 334 g/mol.